The molecule has 0 aliphatic rings. The van der Waals surface area contributed by atoms with Crippen LogP contribution in [0.15, 0.2) is 30.3 Å². The van der Waals surface area contributed by atoms with Crippen molar-refractivity contribution in [2.45, 2.75) is 19.4 Å². The first-order valence-electron chi connectivity index (χ1n) is 4.45. The predicted octanol–water partition coefficient (Wildman–Crippen LogP) is 2.67. The normalized spacial score (nSPS) is 11.1. The molecule has 0 bridgehead atoms. The van der Waals surface area contributed by atoms with Crippen LogP contribution in [0.1, 0.15) is 13.8 Å². The highest BCUT2D eigenvalue weighted by molar-refractivity contribution is 6.65. The second-order valence-electron chi connectivity index (χ2n) is 3.73. The summed E-state index contributed by atoms with van der Waals surface area (Å²) in [6.07, 6.45) is 0. The molecule has 0 unspecified atom stereocenters. The van der Waals surface area contributed by atoms with Gasteiger partial charge in [-0.3, -0.25) is 4.79 Å². The number of nitrogens with zero attached hydrogens (tertiary/aromatic N) is 1. The Balaban J connectivity index is 2.96. The van der Waals surface area contributed by atoms with Gasteiger partial charge in [0.15, 0.2) is 0 Å². The molecular weight excluding hydrogens is 198 g/mol. The van der Waals surface area contributed by atoms with Gasteiger partial charge >= 0.3 is 0 Å². The number of hydrogen-bond acceptors (Lipinski definition) is 2. The number of rotatable bonds is 3. The van der Waals surface area contributed by atoms with E-state index in [1.165, 1.54) is 0 Å². The summed E-state index contributed by atoms with van der Waals surface area (Å²) in [5, 5.41) is -0.358. The van der Waals surface area contributed by atoms with Crippen molar-refractivity contribution in [3.8, 4) is 0 Å². The van der Waals surface area contributed by atoms with E-state index < -0.39 is 5.54 Å². The maximum atomic E-state index is 11.2. The van der Waals surface area contributed by atoms with E-state index in [0.29, 0.717) is 0 Å². The van der Waals surface area contributed by atoms with Gasteiger partial charge in [-0.15, -0.1) is 0 Å². The minimum absolute atomic E-state index is 0.358. The van der Waals surface area contributed by atoms with Gasteiger partial charge in [-0.25, -0.2) is 0 Å². The molecule has 0 radical (unpaired) electrons. The van der Waals surface area contributed by atoms with E-state index in [0.717, 1.165) is 5.69 Å². The van der Waals surface area contributed by atoms with Crippen LogP contribution in [0.25, 0.3) is 0 Å². The second kappa shape index (κ2) is 4.01. The summed E-state index contributed by atoms with van der Waals surface area (Å²) in [4.78, 5) is 13.1. The highest BCUT2D eigenvalue weighted by Crippen LogP contribution is 2.23. The van der Waals surface area contributed by atoms with Gasteiger partial charge in [-0.05, 0) is 37.6 Å². The largest absolute Gasteiger partial charge is 0.361 e. The minimum atomic E-state index is -0.678. The molecule has 0 spiro atoms. The molecule has 0 N–H and O–H groups in total. The van der Waals surface area contributed by atoms with Crippen molar-refractivity contribution < 1.29 is 4.79 Å². The van der Waals surface area contributed by atoms with E-state index in [1.807, 2.05) is 42.3 Å². The summed E-state index contributed by atoms with van der Waals surface area (Å²) in [7, 11) is 1.86. The van der Waals surface area contributed by atoms with E-state index >= 15 is 0 Å². The van der Waals surface area contributed by atoms with Gasteiger partial charge < -0.3 is 4.90 Å². The molecule has 0 fully saturated rings. The number of anilines is 1. The maximum absolute atomic E-state index is 11.2. The molecule has 0 amide bonds. The fourth-order valence-electron chi connectivity index (χ4n) is 1.11. The fraction of sp³-hybridized carbons (Fsp3) is 0.364. The van der Waals surface area contributed by atoms with Crippen LogP contribution in [0.2, 0.25) is 0 Å². The molecule has 2 nitrogen and oxygen atoms in total. The molecule has 0 aliphatic heterocycles. The number of carbonyl (C=O) groups is 1. The summed E-state index contributed by atoms with van der Waals surface area (Å²) in [5.74, 6) is 0. The van der Waals surface area contributed by atoms with Crippen molar-refractivity contribution in [1.29, 1.82) is 0 Å². The molecule has 1 aromatic rings. The summed E-state index contributed by atoms with van der Waals surface area (Å²) < 4.78 is 0. The highest BCUT2D eigenvalue weighted by atomic mass is 35.5. The predicted molar refractivity (Wildman–Crippen MR) is 59.8 cm³/mol. The molecule has 0 saturated heterocycles. The van der Waals surface area contributed by atoms with E-state index in [4.69, 9.17) is 11.6 Å². The molecule has 0 aliphatic carbocycles. The molecule has 1 rings (SSSR count). The number of likely N-dealkylation sites (N-methyl/N-ethyl adjacent to an activating group) is 1. The van der Waals surface area contributed by atoms with Crippen molar-refractivity contribution in [1.82, 2.24) is 0 Å². The van der Waals surface area contributed by atoms with Gasteiger partial charge in [0, 0.05) is 12.7 Å². The van der Waals surface area contributed by atoms with Crippen molar-refractivity contribution >= 4 is 22.5 Å². The Morgan fingerprint density at radius 2 is 1.79 bits per heavy atom. The number of para-hydroxylation sites is 1. The molecular formula is C11H14ClNO. The van der Waals surface area contributed by atoms with Crippen molar-refractivity contribution in [3.63, 3.8) is 0 Å². The molecule has 76 valence electrons. The Morgan fingerprint density at radius 3 is 2.21 bits per heavy atom. The number of carbonyl (C=O) groups excluding carboxylic acids is 1. The third kappa shape index (κ3) is 2.07. The smallest absolute Gasteiger partial charge is 0.246 e. The lowest BCUT2D eigenvalue weighted by molar-refractivity contribution is -0.115. The van der Waals surface area contributed by atoms with Gasteiger partial charge in [0.25, 0.3) is 0 Å². The van der Waals surface area contributed by atoms with Gasteiger partial charge in [0.05, 0.1) is 0 Å². The van der Waals surface area contributed by atoms with Gasteiger partial charge in [-0.1, -0.05) is 18.2 Å². The number of hydrogen-bond donors (Lipinski definition) is 0. The molecule has 0 saturated carbocycles. The van der Waals surface area contributed by atoms with Crippen LogP contribution in [0.3, 0.4) is 0 Å². The average Bonchev–Trinajstić information content (AvgIpc) is 2.17. The zero-order chi connectivity index (χ0) is 10.8. The summed E-state index contributed by atoms with van der Waals surface area (Å²) in [5.41, 5.74) is 0.301. The van der Waals surface area contributed by atoms with Crippen molar-refractivity contribution in [2.75, 3.05) is 11.9 Å². The van der Waals surface area contributed by atoms with Crippen LogP contribution >= 0.6 is 11.6 Å². The van der Waals surface area contributed by atoms with Crippen LogP contribution in [0, 0.1) is 0 Å². The Hall–Kier alpha value is -1.02. The topological polar surface area (TPSA) is 20.3 Å². The Labute approximate surface area is 89.5 Å². The lowest BCUT2D eigenvalue weighted by Crippen LogP contribution is -2.46. The Morgan fingerprint density at radius 1 is 1.29 bits per heavy atom. The van der Waals surface area contributed by atoms with Crippen molar-refractivity contribution in [2.24, 2.45) is 0 Å². The van der Waals surface area contributed by atoms with Crippen molar-refractivity contribution in [3.05, 3.63) is 30.3 Å². The molecule has 1 aromatic carbocycles. The minimum Gasteiger partial charge on any atom is -0.361 e. The van der Waals surface area contributed by atoms with Crippen LogP contribution in [0.5, 0.6) is 0 Å². The van der Waals surface area contributed by atoms with Crippen LogP contribution in [-0.2, 0) is 4.79 Å². The van der Waals surface area contributed by atoms with Gasteiger partial charge in [0.2, 0.25) is 5.24 Å². The molecule has 0 heterocycles. The fourth-order valence-corrected chi connectivity index (χ4v) is 1.23. The first-order valence-corrected chi connectivity index (χ1v) is 4.83. The lowest BCUT2D eigenvalue weighted by atomic mass is 10.0. The average molecular weight is 212 g/mol. The summed E-state index contributed by atoms with van der Waals surface area (Å²) in [6, 6.07) is 9.69. The van der Waals surface area contributed by atoms with E-state index in [9.17, 15) is 4.79 Å². The highest BCUT2D eigenvalue weighted by Gasteiger charge is 2.30. The van der Waals surface area contributed by atoms with Crippen LogP contribution in [0.4, 0.5) is 5.69 Å². The molecule has 0 aromatic heterocycles. The van der Waals surface area contributed by atoms with Crippen LogP contribution in [-0.4, -0.2) is 17.8 Å². The number of benzene rings is 1. The van der Waals surface area contributed by atoms with Gasteiger partial charge in [-0.2, -0.15) is 0 Å². The Kier molecular flexibility index (Phi) is 3.17. The summed E-state index contributed by atoms with van der Waals surface area (Å²) in [6.45, 7) is 3.60. The first kappa shape index (κ1) is 11.1. The summed E-state index contributed by atoms with van der Waals surface area (Å²) >= 11 is 5.53. The third-order valence-corrected chi connectivity index (χ3v) is 2.93. The van der Waals surface area contributed by atoms with E-state index in [2.05, 4.69) is 0 Å². The third-order valence-electron chi connectivity index (χ3n) is 2.46. The standard InChI is InChI=1S/C11H14ClNO/c1-11(2,10(12)14)13(3)9-7-5-4-6-8-9/h4-8H,1-3H3. The zero-order valence-electron chi connectivity index (χ0n) is 8.62. The van der Waals surface area contributed by atoms with E-state index in [-0.39, 0.29) is 5.24 Å². The molecule has 0 atom stereocenters. The zero-order valence-corrected chi connectivity index (χ0v) is 9.38. The number of halogens is 1. The second-order valence-corrected chi connectivity index (χ2v) is 4.07. The quantitative estimate of drug-likeness (QED) is 0.717. The molecule has 14 heavy (non-hydrogen) atoms. The van der Waals surface area contributed by atoms with E-state index in [1.54, 1.807) is 13.8 Å². The Bertz CT molecular complexity index is 321. The molecule has 3 heteroatoms. The first-order chi connectivity index (χ1) is 6.46. The lowest BCUT2D eigenvalue weighted by Gasteiger charge is -2.34. The SMILES string of the molecule is CN(c1ccccc1)C(C)(C)C(=O)Cl. The monoisotopic (exact) mass is 211 g/mol. The van der Waals surface area contributed by atoms with Gasteiger partial charge in [0.1, 0.15) is 5.54 Å². The maximum Gasteiger partial charge on any atom is 0.246 e. The van der Waals surface area contributed by atoms with Crippen LogP contribution < -0.4 is 4.90 Å².